The lowest BCUT2D eigenvalue weighted by molar-refractivity contribution is -0.167. The minimum Gasteiger partial charge on any atom is -0.464 e. The fourth-order valence-electron chi connectivity index (χ4n) is 5.07. The third kappa shape index (κ3) is 2.13. The quantitative estimate of drug-likeness (QED) is 0.600. The van der Waals surface area contributed by atoms with Gasteiger partial charge in [-0.2, -0.15) is 0 Å². The number of benzene rings is 2. The van der Waals surface area contributed by atoms with E-state index in [1.165, 1.54) is 11.1 Å². The van der Waals surface area contributed by atoms with Crippen LogP contribution in [0.1, 0.15) is 86.7 Å². The van der Waals surface area contributed by atoms with Crippen molar-refractivity contribution in [3.05, 3.63) is 63.2 Å². The van der Waals surface area contributed by atoms with Crippen molar-refractivity contribution < 1.29 is 19.1 Å². The second-order valence-corrected chi connectivity index (χ2v) is 8.04. The van der Waals surface area contributed by atoms with E-state index in [1.54, 1.807) is 6.07 Å². The van der Waals surface area contributed by atoms with Crippen molar-refractivity contribution in [1.82, 2.24) is 0 Å². The molecule has 2 heterocycles. The largest absolute Gasteiger partial charge is 0.464 e. The van der Waals surface area contributed by atoms with E-state index < -0.39 is 0 Å². The van der Waals surface area contributed by atoms with Crippen molar-refractivity contribution in [2.24, 2.45) is 0 Å². The molecule has 2 aliphatic carbocycles. The lowest BCUT2D eigenvalue weighted by Crippen LogP contribution is -2.34. The van der Waals surface area contributed by atoms with Gasteiger partial charge < -0.3 is 9.47 Å². The number of carbonyl (C=O) groups excluding carboxylic acids is 2. The van der Waals surface area contributed by atoms with Gasteiger partial charge in [0.25, 0.3) is 0 Å². The summed E-state index contributed by atoms with van der Waals surface area (Å²) in [6.45, 7) is 0. The molecule has 0 spiro atoms. The summed E-state index contributed by atoms with van der Waals surface area (Å²) in [5, 5.41) is 0. The Hall–Kier alpha value is -2.46. The molecule has 4 nitrogen and oxygen atoms in total. The van der Waals surface area contributed by atoms with Crippen LogP contribution < -0.4 is 4.74 Å². The lowest BCUT2D eigenvalue weighted by Gasteiger charge is -2.38. The average molecular weight is 360 g/mol. The smallest absolute Gasteiger partial charge is 0.200 e. The second kappa shape index (κ2) is 5.52. The number of ketones is 2. The molecule has 2 aliphatic heterocycles. The summed E-state index contributed by atoms with van der Waals surface area (Å²) in [4.78, 5) is 26.7. The molecule has 2 aromatic rings. The zero-order valence-electron chi connectivity index (χ0n) is 15.0. The lowest BCUT2D eigenvalue weighted by atomic mass is 9.78. The number of hydrogen-bond donors (Lipinski definition) is 0. The number of carbonyl (C=O) groups is 2. The highest BCUT2D eigenvalue weighted by Gasteiger charge is 2.40. The predicted molar refractivity (Wildman–Crippen MR) is 98.5 cm³/mol. The van der Waals surface area contributed by atoms with E-state index in [9.17, 15) is 9.59 Å². The molecule has 2 unspecified atom stereocenters. The Morgan fingerprint density at radius 1 is 0.815 bits per heavy atom. The van der Waals surface area contributed by atoms with Crippen LogP contribution in [0.4, 0.5) is 0 Å². The van der Waals surface area contributed by atoms with Crippen LogP contribution in [0.25, 0.3) is 0 Å². The van der Waals surface area contributed by atoms with Crippen LogP contribution in [0.5, 0.6) is 5.75 Å². The molecule has 0 aromatic heterocycles. The van der Waals surface area contributed by atoms with E-state index in [1.807, 2.05) is 18.2 Å². The fraction of sp³-hybridized carbons (Fsp3) is 0.391. The van der Waals surface area contributed by atoms with Gasteiger partial charge in [-0.3, -0.25) is 9.59 Å². The van der Waals surface area contributed by atoms with Crippen molar-refractivity contribution in [3.8, 4) is 5.75 Å². The fourth-order valence-corrected chi connectivity index (χ4v) is 5.07. The van der Waals surface area contributed by atoms with Crippen LogP contribution in [0.2, 0.25) is 0 Å². The van der Waals surface area contributed by atoms with E-state index in [0.717, 1.165) is 50.5 Å². The van der Waals surface area contributed by atoms with Crippen LogP contribution in [0.15, 0.2) is 24.3 Å². The Bertz CT molecular complexity index is 1020. The Labute approximate surface area is 157 Å². The number of hydrogen-bond acceptors (Lipinski definition) is 4. The summed E-state index contributed by atoms with van der Waals surface area (Å²) < 4.78 is 12.0. The zero-order valence-corrected chi connectivity index (χ0v) is 15.0. The van der Waals surface area contributed by atoms with Gasteiger partial charge in [-0.25, -0.2) is 0 Å². The molecule has 0 N–H and O–H groups in total. The van der Waals surface area contributed by atoms with Crippen LogP contribution in [-0.2, 0) is 17.6 Å². The predicted octanol–water partition coefficient (Wildman–Crippen LogP) is 4.30. The van der Waals surface area contributed by atoms with Gasteiger partial charge in [-0.15, -0.1) is 0 Å². The maximum atomic E-state index is 13.5. The molecule has 0 amide bonds. The summed E-state index contributed by atoms with van der Waals surface area (Å²) in [5.74, 6) is 0.441. The van der Waals surface area contributed by atoms with Gasteiger partial charge in [0.05, 0.1) is 11.7 Å². The monoisotopic (exact) mass is 360 g/mol. The molecule has 2 atom stereocenters. The first-order valence-electron chi connectivity index (χ1n) is 9.95. The molecule has 2 bridgehead atoms. The topological polar surface area (TPSA) is 52.6 Å². The Morgan fingerprint density at radius 3 is 2.33 bits per heavy atom. The maximum absolute atomic E-state index is 13.5. The highest BCUT2D eigenvalue weighted by Crippen LogP contribution is 2.46. The van der Waals surface area contributed by atoms with E-state index in [2.05, 4.69) is 0 Å². The van der Waals surface area contributed by atoms with E-state index >= 15 is 0 Å². The van der Waals surface area contributed by atoms with Crippen molar-refractivity contribution in [2.75, 3.05) is 0 Å². The Kier molecular flexibility index (Phi) is 3.19. The van der Waals surface area contributed by atoms with Crippen LogP contribution >= 0.6 is 0 Å². The van der Waals surface area contributed by atoms with E-state index in [4.69, 9.17) is 9.47 Å². The summed E-state index contributed by atoms with van der Waals surface area (Å²) in [6, 6.07) is 7.63. The standard InChI is InChI=1S/C23H20O4/c24-21-15-9-8-14-18-6-3-7-19(26-18)27-23(14)20(15)22(25)17-11-13-5-2-1-4-12(13)10-16(17)21/h8-11,18-19H,1-7H2. The van der Waals surface area contributed by atoms with Gasteiger partial charge in [0.15, 0.2) is 11.6 Å². The molecule has 1 fully saturated rings. The number of aryl methyl sites for hydroxylation is 2. The second-order valence-electron chi connectivity index (χ2n) is 8.04. The molecular formula is C23H20O4. The van der Waals surface area contributed by atoms with E-state index in [-0.39, 0.29) is 24.0 Å². The first kappa shape index (κ1) is 15.6. The van der Waals surface area contributed by atoms with Gasteiger partial charge in [0.2, 0.25) is 6.29 Å². The molecule has 6 rings (SSSR count). The maximum Gasteiger partial charge on any atom is 0.200 e. The molecule has 0 radical (unpaired) electrons. The van der Waals surface area contributed by atoms with Gasteiger partial charge in [0, 0.05) is 28.7 Å². The highest BCUT2D eigenvalue weighted by atomic mass is 16.7. The third-order valence-corrected chi connectivity index (χ3v) is 6.45. The molecule has 4 heteroatoms. The van der Waals surface area contributed by atoms with Crippen LogP contribution in [0, 0.1) is 0 Å². The highest BCUT2D eigenvalue weighted by molar-refractivity contribution is 6.29. The van der Waals surface area contributed by atoms with Crippen LogP contribution in [0.3, 0.4) is 0 Å². The molecular weight excluding hydrogens is 340 g/mol. The summed E-state index contributed by atoms with van der Waals surface area (Å²) in [6.07, 6.45) is 6.72. The molecule has 27 heavy (non-hydrogen) atoms. The number of fused-ring (bicyclic) bond motifs is 8. The first-order valence-corrected chi connectivity index (χ1v) is 9.95. The number of ether oxygens (including phenoxy) is 2. The summed E-state index contributed by atoms with van der Waals surface area (Å²) >= 11 is 0. The van der Waals surface area contributed by atoms with Gasteiger partial charge >= 0.3 is 0 Å². The molecule has 2 aromatic carbocycles. The van der Waals surface area contributed by atoms with Crippen molar-refractivity contribution in [1.29, 1.82) is 0 Å². The van der Waals surface area contributed by atoms with Crippen LogP contribution in [-0.4, -0.2) is 17.9 Å². The molecule has 1 saturated heterocycles. The SMILES string of the molecule is O=C1c2cc3c(cc2C(=O)c2c1ccc1c2OC2CCCC1O2)CCCC3. The Balaban J connectivity index is 1.56. The summed E-state index contributed by atoms with van der Waals surface area (Å²) in [7, 11) is 0. The zero-order chi connectivity index (χ0) is 18.1. The van der Waals surface area contributed by atoms with Gasteiger partial charge in [0.1, 0.15) is 5.75 Å². The molecule has 4 aliphatic rings. The average Bonchev–Trinajstić information content (AvgIpc) is 2.70. The van der Waals surface area contributed by atoms with Gasteiger partial charge in [-0.05, 0) is 67.9 Å². The number of rotatable bonds is 0. The van der Waals surface area contributed by atoms with Gasteiger partial charge in [-0.1, -0.05) is 6.07 Å². The van der Waals surface area contributed by atoms with Crippen molar-refractivity contribution in [2.45, 2.75) is 57.3 Å². The molecule has 0 saturated carbocycles. The first-order chi connectivity index (χ1) is 13.2. The van der Waals surface area contributed by atoms with Crippen molar-refractivity contribution in [3.63, 3.8) is 0 Å². The van der Waals surface area contributed by atoms with Crippen molar-refractivity contribution >= 4 is 11.6 Å². The Morgan fingerprint density at radius 2 is 1.56 bits per heavy atom. The normalized spacial score (nSPS) is 25.0. The minimum atomic E-state index is -0.310. The molecule has 136 valence electrons. The minimum absolute atomic E-state index is 0.0365. The summed E-state index contributed by atoms with van der Waals surface area (Å²) in [5.41, 5.74) is 5.37. The third-order valence-electron chi connectivity index (χ3n) is 6.45. The van der Waals surface area contributed by atoms with E-state index in [0.29, 0.717) is 28.0 Å².